The molecule has 4 heteroatoms. The van der Waals surface area contributed by atoms with Gasteiger partial charge in [-0.15, -0.1) is 0 Å². The molecule has 6 rings (SSSR count). The third-order valence-electron chi connectivity index (χ3n) is 8.33. The fraction of sp³-hybridized carbons (Fsp3) is 0.355. The predicted octanol–water partition coefficient (Wildman–Crippen LogP) is 6.39. The zero-order chi connectivity index (χ0) is 24.7. The van der Waals surface area contributed by atoms with Gasteiger partial charge in [-0.25, -0.2) is 0 Å². The largest absolute Gasteiger partial charge is 0.385 e. The zero-order valence-electron chi connectivity index (χ0n) is 21.8. The molecule has 3 nitrogen and oxygen atoms in total. The second kappa shape index (κ2) is 7.59. The summed E-state index contributed by atoms with van der Waals surface area (Å²) in [7, 11) is 0.195. The highest BCUT2D eigenvalue weighted by molar-refractivity contribution is 6.88. The van der Waals surface area contributed by atoms with Crippen molar-refractivity contribution < 1.29 is 9.30 Å². The van der Waals surface area contributed by atoms with Crippen molar-refractivity contribution in [1.82, 2.24) is 4.98 Å². The van der Waals surface area contributed by atoms with Gasteiger partial charge in [-0.3, -0.25) is 4.98 Å². The summed E-state index contributed by atoms with van der Waals surface area (Å²) >= 11 is 0. The van der Waals surface area contributed by atoms with Gasteiger partial charge in [0, 0.05) is 30.5 Å². The van der Waals surface area contributed by atoms with Crippen LogP contribution in [0.25, 0.3) is 32.9 Å². The summed E-state index contributed by atoms with van der Waals surface area (Å²) in [6, 6.07) is 16.2. The van der Waals surface area contributed by atoms with Crippen LogP contribution < -0.4 is 9.88 Å². The van der Waals surface area contributed by atoms with E-state index in [0.29, 0.717) is 5.92 Å². The second-order valence-electron chi connectivity index (χ2n) is 11.8. The van der Waals surface area contributed by atoms with Crippen LogP contribution in [0, 0.1) is 0 Å². The summed E-state index contributed by atoms with van der Waals surface area (Å²) in [5, 5.41) is 5.29. The molecule has 0 amide bonds. The molecule has 4 aromatic rings. The lowest BCUT2D eigenvalue weighted by molar-refractivity contribution is -0.706. The zero-order valence-corrected chi connectivity index (χ0v) is 22.8. The van der Waals surface area contributed by atoms with Gasteiger partial charge in [0.15, 0.2) is 12.2 Å². The van der Waals surface area contributed by atoms with Crippen LogP contribution in [0.15, 0.2) is 61.3 Å². The Morgan fingerprint density at radius 1 is 1.14 bits per heavy atom. The number of ether oxygens (including phenoxy) is 1. The maximum atomic E-state index is 5.58. The molecule has 1 aliphatic carbocycles. The number of nitrogens with zero attached hydrogens (tertiary/aromatic N) is 2. The van der Waals surface area contributed by atoms with E-state index in [0.717, 1.165) is 18.5 Å². The Balaban J connectivity index is 1.83. The summed E-state index contributed by atoms with van der Waals surface area (Å²) in [4.78, 5) is 5.27. The van der Waals surface area contributed by atoms with Crippen LogP contribution in [0.5, 0.6) is 0 Å². The Bertz CT molecular complexity index is 1530. The van der Waals surface area contributed by atoms with Crippen molar-refractivity contribution in [1.29, 1.82) is 0 Å². The van der Waals surface area contributed by atoms with Gasteiger partial charge in [0.2, 0.25) is 5.69 Å². The number of allylic oxidation sites excluding steroid dienone is 1. The maximum absolute atomic E-state index is 5.58. The minimum Gasteiger partial charge on any atom is -0.385 e. The lowest BCUT2D eigenvalue weighted by atomic mass is 9.64. The van der Waals surface area contributed by atoms with Gasteiger partial charge in [0.1, 0.15) is 8.07 Å². The van der Waals surface area contributed by atoms with Gasteiger partial charge in [-0.05, 0) is 52.1 Å². The molecule has 0 N–H and O–H groups in total. The Morgan fingerprint density at radius 2 is 1.91 bits per heavy atom. The number of hydrogen-bond donors (Lipinski definition) is 0. The molecular weight excluding hydrogens is 444 g/mol. The van der Waals surface area contributed by atoms with E-state index in [4.69, 9.17) is 9.72 Å². The van der Waals surface area contributed by atoms with Crippen molar-refractivity contribution in [3.8, 4) is 11.3 Å². The fourth-order valence-electron chi connectivity index (χ4n) is 6.60. The van der Waals surface area contributed by atoms with Crippen LogP contribution in [0.1, 0.15) is 48.9 Å². The van der Waals surface area contributed by atoms with Crippen LogP contribution in [0.2, 0.25) is 19.6 Å². The van der Waals surface area contributed by atoms with Gasteiger partial charge in [0.25, 0.3) is 0 Å². The highest BCUT2D eigenvalue weighted by Crippen LogP contribution is 2.55. The Hall–Kier alpha value is -2.82. The molecule has 2 aliphatic rings. The van der Waals surface area contributed by atoms with Crippen molar-refractivity contribution in [2.75, 3.05) is 13.7 Å². The van der Waals surface area contributed by atoms with E-state index in [1.54, 1.807) is 7.11 Å². The molecule has 0 spiro atoms. The summed E-state index contributed by atoms with van der Waals surface area (Å²) in [5.74, 6) is 0.312. The first-order valence-corrected chi connectivity index (χ1v) is 16.3. The van der Waals surface area contributed by atoms with Crippen LogP contribution in [-0.2, 0) is 10.2 Å². The number of pyridine rings is 2. The number of aromatic nitrogens is 2. The SMILES string of the molecule is C=CC1C(CCOC)c2cc3ccccc3c3c2-c2c4c(cc([Si](C)(C)C)nc4cc[n+]21)C3(C)C. The monoisotopic (exact) mass is 479 g/mol. The van der Waals surface area contributed by atoms with Crippen molar-refractivity contribution in [3.05, 3.63) is 78.0 Å². The topological polar surface area (TPSA) is 26.0 Å². The summed E-state index contributed by atoms with van der Waals surface area (Å²) in [6.45, 7) is 17.1. The molecule has 2 aromatic heterocycles. The van der Waals surface area contributed by atoms with E-state index in [-0.39, 0.29) is 11.5 Å². The number of rotatable bonds is 5. The summed E-state index contributed by atoms with van der Waals surface area (Å²) in [6.07, 6.45) is 5.35. The molecule has 178 valence electrons. The number of fused-ring (bicyclic) bond motifs is 2. The van der Waals surface area contributed by atoms with Gasteiger partial charge >= 0.3 is 0 Å². The van der Waals surface area contributed by atoms with E-state index in [1.165, 1.54) is 49.4 Å². The van der Waals surface area contributed by atoms with E-state index < -0.39 is 8.07 Å². The summed E-state index contributed by atoms with van der Waals surface area (Å²) < 4.78 is 8.05. The van der Waals surface area contributed by atoms with Crippen molar-refractivity contribution in [2.45, 2.75) is 57.3 Å². The van der Waals surface area contributed by atoms with Gasteiger partial charge < -0.3 is 4.74 Å². The van der Waals surface area contributed by atoms with E-state index in [9.17, 15) is 0 Å². The molecule has 2 unspecified atom stereocenters. The lowest BCUT2D eigenvalue weighted by Gasteiger charge is -2.40. The molecule has 0 saturated heterocycles. The average Bonchev–Trinajstić information content (AvgIpc) is 2.83. The molecule has 1 aliphatic heterocycles. The standard InChI is InChI=1S/C31H35N2OSi/c1-8-25-21(14-16-34-4)22-17-19-11-9-10-12-20(19)29-27(22)30-28-23(31(29,2)3)18-26(35(5,6)7)32-24(28)13-15-33(25)30/h8-13,15,17-18,21,25H,1,14,16H2,2-7H3/q+1. The second-order valence-corrected chi connectivity index (χ2v) is 16.8. The lowest BCUT2D eigenvalue weighted by Crippen LogP contribution is -2.49. The van der Waals surface area contributed by atoms with Crippen molar-refractivity contribution >= 4 is 35.1 Å². The molecule has 2 aromatic carbocycles. The first-order chi connectivity index (χ1) is 16.7. The maximum Gasteiger partial charge on any atom is 0.223 e. The third-order valence-corrected chi connectivity index (χ3v) is 10.1. The van der Waals surface area contributed by atoms with Crippen molar-refractivity contribution in [3.63, 3.8) is 0 Å². The molecule has 0 fully saturated rings. The summed E-state index contributed by atoms with van der Waals surface area (Å²) in [5.41, 5.74) is 8.02. The molecule has 0 radical (unpaired) electrons. The number of hydrogen-bond acceptors (Lipinski definition) is 2. The van der Waals surface area contributed by atoms with Gasteiger partial charge in [0.05, 0.1) is 22.4 Å². The highest BCUT2D eigenvalue weighted by atomic mass is 28.3. The minimum absolute atomic E-state index is 0.139. The first-order valence-electron chi connectivity index (χ1n) is 12.8. The molecule has 0 saturated carbocycles. The van der Waals surface area contributed by atoms with E-state index in [2.05, 4.69) is 99.4 Å². The normalized spacial score (nSPS) is 19.8. The quantitative estimate of drug-likeness (QED) is 0.188. The number of benzene rings is 2. The molecule has 3 heterocycles. The van der Waals surface area contributed by atoms with Crippen LogP contribution >= 0.6 is 0 Å². The molecule has 35 heavy (non-hydrogen) atoms. The molecule has 0 bridgehead atoms. The molecule has 2 atom stereocenters. The van der Waals surface area contributed by atoms with Gasteiger partial charge in [-0.1, -0.05) is 64.3 Å². The van der Waals surface area contributed by atoms with E-state index in [1.807, 2.05) is 0 Å². The van der Waals surface area contributed by atoms with E-state index >= 15 is 0 Å². The Morgan fingerprint density at radius 3 is 2.63 bits per heavy atom. The van der Waals surface area contributed by atoms with Crippen LogP contribution in [-0.4, -0.2) is 26.8 Å². The minimum atomic E-state index is -1.60. The smallest absolute Gasteiger partial charge is 0.223 e. The van der Waals surface area contributed by atoms with Crippen LogP contribution in [0.4, 0.5) is 0 Å². The Kier molecular flexibility index (Phi) is 4.90. The first kappa shape index (κ1) is 22.6. The predicted molar refractivity (Wildman–Crippen MR) is 148 cm³/mol. The number of methoxy groups -OCH3 is 1. The molecular formula is C31H35N2OSi+. The van der Waals surface area contributed by atoms with Crippen molar-refractivity contribution in [2.24, 2.45) is 0 Å². The fourth-order valence-corrected chi connectivity index (χ4v) is 7.63. The van der Waals surface area contributed by atoms with Crippen LogP contribution in [0.3, 0.4) is 0 Å². The highest BCUT2D eigenvalue weighted by Gasteiger charge is 2.48. The Labute approximate surface area is 209 Å². The van der Waals surface area contributed by atoms with Gasteiger partial charge in [-0.2, -0.15) is 4.57 Å². The third kappa shape index (κ3) is 3.06. The average molecular weight is 480 g/mol.